The van der Waals surface area contributed by atoms with E-state index in [4.69, 9.17) is 0 Å². The van der Waals surface area contributed by atoms with Crippen LogP contribution in [0.4, 0.5) is 74.6 Å². The van der Waals surface area contributed by atoms with Gasteiger partial charge in [-0.1, -0.05) is 20.8 Å². The molecule has 0 aliphatic rings. The molecule has 0 aliphatic heterocycles. The third-order valence-electron chi connectivity index (χ3n) is 4.78. The Bertz CT molecular complexity index is 836. The Kier molecular flexibility index (Phi) is 8.70. The van der Waals surface area contributed by atoms with E-state index < -0.39 is 65.4 Å². The van der Waals surface area contributed by atoms with E-state index in [1.54, 1.807) is 0 Å². The van der Waals surface area contributed by atoms with E-state index >= 15 is 0 Å². The highest BCUT2D eigenvalue weighted by molar-refractivity contribution is 5.79. The van der Waals surface area contributed by atoms with E-state index in [1.807, 2.05) is 4.74 Å². The van der Waals surface area contributed by atoms with Gasteiger partial charge in [-0.3, -0.25) is 9.47 Å². The van der Waals surface area contributed by atoms with Crippen LogP contribution in [-0.2, 0) is 19.0 Å². The molecule has 37 heavy (non-hydrogen) atoms. The fraction of sp³-hybridized carbons (Fsp3) is 0.938. The van der Waals surface area contributed by atoms with E-state index in [0.717, 1.165) is 20.8 Å². The summed E-state index contributed by atoms with van der Waals surface area (Å²) in [6.45, 7) is 4.65. The Morgan fingerprint density at radius 3 is 1.16 bits per heavy atom. The lowest BCUT2D eigenvalue weighted by Gasteiger charge is -2.42. The van der Waals surface area contributed by atoms with Crippen LogP contribution < -0.4 is 0 Å². The van der Waals surface area contributed by atoms with Gasteiger partial charge in [0, 0.05) is 5.41 Å². The molecule has 0 radical (unpaired) electrons. The van der Waals surface area contributed by atoms with Gasteiger partial charge in [-0.25, -0.2) is 4.79 Å². The molecule has 0 saturated heterocycles. The van der Waals surface area contributed by atoms with Crippen LogP contribution in [0.25, 0.3) is 0 Å². The van der Waals surface area contributed by atoms with Gasteiger partial charge in [0.1, 0.15) is 5.60 Å². The maximum atomic E-state index is 14.5. The van der Waals surface area contributed by atoms with Crippen LogP contribution in [0, 0.1) is 5.41 Å². The van der Waals surface area contributed by atoms with Crippen LogP contribution in [0.1, 0.15) is 34.6 Å². The van der Waals surface area contributed by atoms with Crippen molar-refractivity contribution in [2.45, 2.75) is 88.6 Å². The lowest BCUT2D eigenvalue weighted by molar-refractivity contribution is -0.549. The zero-order valence-corrected chi connectivity index (χ0v) is 18.6. The predicted octanol–water partition coefficient (Wildman–Crippen LogP) is 7.23. The molecule has 0 bridgehead atoms. The summed E-state index contributed by atoms with van der Waals surface area (Å²) >= 11 is 0. The van der Waals surface area contributed by atoms with E-state index in [2.05, 4.69) is 4.74 Å². The van der Waals surface area contributed by atoms with Gasteiger partial charge < -0.3 is 4.74 Å². The number of carbonyl (C=O) groups is 1. The van der Waals surface area contributed by atoms with Crippen LogP contribution in [-0.4, -0.2) is 59.9 Å². The van der Waals surface area contributed by atoms with Gasteiger partial charge in [0.25, 0.3) is 0 Å². The number of rotatable bonds is 8. The van der Waals surface area contributed by atoms with Crippen molar-refractivity contribution in [1.29, 1.82) is 0 Å². The number of carbonyl (C=O) groups excluding carboxylic acids is 1. The first kappa shape index (κ1) is 35.2. The van der Waals surface area contributed by atoms with E-state index in [0.29, 0.717) is 13.8 Å². The fourth-order valence-electron chi connectivity index (χ4n) is 1.60. The third kappa shape index (κ3) is 6.27. The number of hydrogen-bond donors (Lipinski definition) is 0. The summed E-state index contributed by atoms with van der Waals surface area (Å²) in [5.74, 6) is -26.5. The monoisotopic (exact) mass is 594 g/mol. The Morgan fingerprint density at radius 2 is 0.892 bits per heavy atom. The van der Waals surface area contributed by atoms with Crippen LogP contribution in [0.15, 0.2) is 0 Å². The largest absolute Gasteiger partial charge is 0.462 e. The van der Waals surface area contributed by atoms with Gasteiger partial charge in [-0.2, -0.15) is 74.6 Å². The van der Waals surface area contributed by atoms with Crippen LogP contribution in [0.3, 0.4) is 0 Å². The number of esters is 1. The van der Waals surface area contributed by atoms with Crippen molar-refractivity contribution >= 4 is 5.97 Å². The molecule has 0 aromatic heterocycles. The van der Waals surface area contributed by atoms with Gasteiger partial charge in [0.15, 0.2) is 0 Å². The number of ether oxygens (including phenoxy) is 3. The topological polar surface area (TPSA) is 44.8 Å². The molecule has 0 aromatic carbocycles. The van der Waals surface area contributed by atoms with Gasteiger partial charge >= 0.3 is 54.3 Å². The maximum absolute atomic E-state index is 14.5. The fourth-order valence-corrected chi connectivity index (χ4v) is 1.60. The third-order valence-corrected chi connectivity index (χ3v) is 4.78. The summed E-state index contributed by atoms with van der Waals surface area (Å²) in [7, 11) is 0. The second kappa shape index (κ2) is 9.15. The van der Waals surface area contributed by atoms with Gasteiger partial charge in [-0.05, 0) is 13.8 Å². The van der Waals surface area contributed by atoms with Crippen LogP contribution in [0.2, 0.25) is 0 Å². The Hall–Kier alpha value is -1.80. The second-order valence-corrected chi connectivity index (χ2v) is 8.65. The average Bonchev–Trinajstić information content (AvgIpc) is 2.56. The molecule has 222 valence electrons. The summed E-state index contributed by atoms with van der Waals surface area (Å²) in [4.78, 5) is 11.8. The minimum Gasteiger partial charge on any atom is -0.455 e. The van der Waals surface area contributed by atoms with Gasteiger partial charge in [0.2, 0.25) is 0 Å². The van der Waals surface area contributed by atoms with Gasteiger partial charge in [0.05, 0.1) is 0 Å². The van der Waals surface area contributed by atoms with E-state index in [9.17, 15) is 79.4 Å². The Balaban J connectivity index is 6.89. The minimum atomic E-state index is -8.07. The molecular formula is C16H15F17O4. The highest BCUT2D eigenvalue weighted by Crippen LogP contribution is 2.56. The lowest BCUT2D eigenvalue weighted by atomic mass is 9.79. The lowest BCUT2D eigenvalue weighted by Crippen LogP contribution is -2.68. The van der Waals surface area contributed by atoms with Crippen molar-refractivity contribution in [2.75, 3.05) is 0 Å². The molecule has 0 unspecified atom stereocenters. The van der Waals surface area contributed by atoms with Crippen molar-refractivity contribution in [2.24, 2.45) is 5.41 Å². The molecule has 0 heterocycles. The molecule has 0 saturated carbocycles. The molecule has 4 nitrogen and oxygen atoms in total. The normalized spacial score (nSPS) is 18.8. The predicted molar refractivity (Wildman–Crippen MR) is 82.5 cm³/mol. The SMILES string of the molecule is CC(C)(C)C(C)(C)OC(=O)[C@](F)(OC(F)(F)[C@@](F)(OC(F)(F)C(F)(F)C(F)(F)F)C(F)(F)F)C(F)(F)F. The second-order valence-electron chi connectivity index (χ2n) is 8.65. The van der Waals surface area contributed by atoms with E-state index in [-0.39, 0.29) is 0 Å². The standard InChI is InChI=1S/C16H15F17O4/c1-7(2,3)8(4,5)35-6(34)9(17,12(21,22)23)36-16(32,33)11(20,14(27,28)29)37-15(30,31)10(18,19)13(24,25)26/h1-5H3/t9-,11-/m0/s1. The summed E-state index contributed by atoms with van der Waals surface area (Å²) < 4.78 is 230. The van der Waals surface area contributed by atoms with Crippen LogP contribution >= 0.6 is 0 Å². The van der Waals surface area contributed by atoms with Crippen molar-refractivity contribution in [3.63, 3.8) is 0 Å². The van der Waals surface area contributed by atoms with Crippen LogP contribution in [0.5, 0.6) is 0 Å². The van der Waals surface area contributed by atoms with E-state index in [1.165, 1.54) is 4.74 Å². The molecule has 0 aromatic rings. The van der Waals surface area contributed by atoms with Gasteiger partial charge in [-0.15, -0.1) is 0 Å². The summed E-state index contributed by atoms with van der Waals surface area (Å²) in [5, 5.41) is 0. The number of halogens is 17. The van der Waals surface area contributed by atoms with Crippen molar-refractivity contribution in [1.82, 2.24) is 0 Å². The summed E-state index contributed by atoms with van der Waals surface area (Å²) in [5.41, 5.74) is -3.82. The first-order valence-electron chi connectivity index (χ1n) is 8.89. The summed E-state index contributed by atoms with van der Waals surface area (Å²) in [6, 6.07) is 0. The molecule has 21 heteroatoms. The molecule has 0 aliphatic carbocycles. The Labute approximate surface area is 195 Å². The molecule has 2 atom stereocenters. The summed E-state index contributed by atoms with van der Waals surface area (Å²) in [6.07, 6.45) is -38.6. The quantitative estimate of drug-likeness (QED) is 0.220. The molecule has 0 N–H and O–H groups in total. The molecular weight excluding hydrogens is 579 g/mol. The minimum absolute atomic E-state index is 0.706. The maximum Gasteiger partial charge on any atom is 0.462 e. The Morgan fingerprint density at radius 1 is 0.514 bits per heavy atom. The highest BCUT2D eigenvalue weighted by atomic mass is 19.4. The molecule has 0 amide bonds. The first-order chi connectivity index (χ1) is 15.5. The first-order valence-corrected chi connectivity index (χ1v) is 8.89. The zero-order valence-electron chi connectivity index (χ0n) is 18.6. The van der Waals surface area contributed by atoms with Crippen molar-refractivity contribution in [3.8, 4) is 0 Å². The number of alkyl halides is 17. The average molecular weight is 594 g/mol. The van der Waals surface area contributed by atoms with Crippen molar-refractivity contribution in [3.05, 3.63) is 0 Å². The zero-order chi connectivity index (χ0) is 30.7. The highest BCUT2D eigenvalue weighted by Gasteiger charge is 2.85. The number of hydrogen-bond acceptors (Lipinski definition) is 4. The molecule has 0 spiro atoms. The van der Waals surface area contributed by atoms with Crippen molar-refractivity contribution < 1.29 is 93.6 Å². The smallest absolute Gasteiger partial charge is 0.455 e. The molecule has 0 fully saturated rings. The molecule has 0 rings (SSSR count).